The van der Waals surface area contributed by atoms with Crippen LogP contribution in [0.4, 0.5) is 13.2 Å². The number of carbonyl (C=O) groups is 1. The van der Waals surface area contributed by atoms with Gasteiger partial charge >= 0.3 is 6.18 Å². The molecule has 1 atom stereocenters. The highest BCUT2D eigenvalue weighted by Crippen LogP contribution is 2.39. The van der Waals surface area contributed by atoms with Crippen LogP contribution >= 0.6 is 11.6 Å². The Labute approximate surface area is 143 Å². The van der Waals surface area contributed by atoms with Gasteiger partial charge in [-0.2, -0.15) is 13.2 Å². The molecule has 1 heterocycles. The Hall–Kier alpha value is -1.75. The van der Waals surface area contributed by atoms with E-state index in [1.54, 1.807) is 0 Å². The number of amides is 1. The maximum atomic E-state index is 13.2. The molecule has 0 spiro atoms. The quantitative estimate of drug-likeness (QED) is 0.727. The molecule has 1 aromatic rings. The van der Waals surface area contributed by atoms with Gasteiger partial charge in [0.15, 0.2) is 0 Å². The molecule has 0 bridgehead atoms. The normalized spacial score (nSPS) is 20.4. The summed E-state index contributed by atoms with van der Waals surface area (Å²) in [7, 11) is 0. The van der Waals surface area contributed by atoms with Crippen molar-refractivity contribution >= 4 is 17.5 Å². The number of fused-ring (bicyclic) bond motifs is 1. The average molecular weight is 356 g/mol. The lowest BCUT2D eigenvalue weighted by molar-refractivity contribution is -0.137. The number of alkyl halides is 3. The van der Waals surface area contributed by atoms with Gasteiger partial charge in [0.25, 0.3) is 5.91 Å². The monoisotopic (exact) mass is 355 g/mol. The molecule has 1 aliphatic carbocycles. The molecule has 0 fully saturated rings. The Morgan fingerprint density at radius 1 is 1.33 bits per heavy atom. The van der Waals surface area contributed by atoms with Crippen molar-refractivity contribution in [2.45, 2.75) is 32.5 Å². The van der Waals surface area contributed by atoms with Crippen molar-refractivity contribution in [3.8, 4) is 0 Å². The number of benzene rings is 1. The Morgan fingerprint density at radius 3 is 2.67 bits per heavy atom. The second-order valence-electron chi connectivity index (χ2n) is 6.19. The molecular formula is C18H17ClF3NO. The van der Waals surface area contributed by atoms with E-state index in [1.807, 2.05) is 6.08 Å². The fraction of sp³-hybridized carbons (Fsp3) is 0.389. The van der Waals surface area contributed by atoms with Gasteiger partial charge in [-0.05, 0) is 42.0 Å². The van der Waals surface area contributed by atoms with E-state index in [9.17, 15) is 18.0 Å². The van der Waals surface area contributed by atoms with E-state index in [-0.39, 0.29) is 17.1 Å². The Kier molecular flexibility index (Phi) is 4.47. The molecule has 3 rings (SSSR count). The summed E-state index contributed by atoms with van der Waals surface area (Å²) in [5.41, 5.74) is 0.0857. The van der Waals surface area contributed by atoms with Crippen LogP contribution in [-0.4, -0.2) is 17.4 Å². The molecule has 2 aliphatic rings. The molecule has 24 heavy (non-hydrogen) atoms. The van der Waals surface area contributed by atoms with Gasteiger partial charge in [-0.15, -0.1) is 0 Å². The van der Waals surface area contributed by atoms with Crippen molar-refractivity contribution < 1.29 is 18.0 Å². The minimum Gasteiger partial charge on any atom is -0.330 e. The minimum atomic E-state index is -4.60. The largest absolute Gasteiger partial charge is 0.417 e. The zero-order valence-corrected chi connectivity index (χ0v) is 13.9. The van der Waals surface area contributed by atoms with Gasteiger partial charge in [0, 0.05) is 18.1 Å². The summed E-state index contributed by atoms with van der Waals surface area (Å²) in [4.78, 5) is 13.9. The van der Waals surface area contributed by atoms with Crippen LogP contribution in [0.1, 0.15) is 41.3 Å². The van der Waals surface area contributed by atoms with E-state index in [0.717, 1.165) is 24.5 Å². The summed E-state index contributed by atoms with van der Waals surface area (Å²) in [5, 5.41) is -0.00158. The number of rotatable bonds is 3. The summed E-state index contributed by atoms with van der Waals surface area (Å²) in [6.45, 7) is 2.58. The zero-order valence-electron chi connectivity index (χ0n) is 13.2. The summed E-state index contributed by atoms with van der Waals surface area (Å²) in [6.07, 6.45) is 3.46. The Balaban J connectivity index is 1.84. The topological polar surface area (TPSA) is 20.3 Å². The number of nitrogens with zero attached hydrogens (tertiary/aromatic N) is 1. The molecular weight excluding hydrogens is 339 g/mol. The highest BCUT2D eigenvalue weighted by atomic mass is 35.5. The maximum absolute atomic E-state index is 13.2. The smallest absolute Gasteiger partial charge is 0.330 e. The van der Waals surface area contributed by atoms with Crippen molar-refractivity contribution in [3.63, 3.8) is 0 Å². The Bertz CT molecular complexity index is 737. The van der Waals surface area contributed by atoms with Crippen molar-refractivity contribution in [1.82, 2.24) is 4.90 Å². The number of hydrogen-bond acceptors (Lipinski definition) is 1. The second kappa shape index (κ2) is 6.28. The lowest BCUT2D eigenvalue weighted by Crippen LogP contribution is -2.27. The van der Waals surface area contributed by atoms with E-state index < -0.39 is 17.6 Å². The van der Waals surface area contributed by atoms with Crippen LogP contribution in [0.25, 0.3) is 0 Å². The van der Waals surface area contributed by atoms with E-state index in [4.69, 9.17) is 11.6 Å². The molecule has 0 saturated heterocycles. The van der Waals surface area contributed by atoms with Crippen molar-refractivity contribution in [2.24, 2.45) is 5.92 Å². The first-order valence-electron chi connectivity index (χ1n) is 7.85. The summed E-state index contributed by atoms with van der Waals surface area (Å²) >= 11 is 5.80. The fourth-order valence-electron chi connectivity index (χ4n) is 3.18. The molecule has 0 N–H and O–H groups in total. The maximum Gasteiger partial charge on any atom is 0.417 e. The molecule has 128 valence electrons. The zero-order chi connectivity index (χ0) is 17.5. The van der Waals surface area contributed by atoms with Crippen molar-refractivity contribution in [3.05, 3.63) is 57.6 Å². The highest BCUT2D eigenvalue weighted by Gasteiger charge is 2.41. The van der Waals surface area contributed by atoms with Gasteiger partial charge in [-0.25, -0.2) is 0 Å². The molecule has 0 aromatic heterocycles. The van der Waals surface area contributed by atoms with Crippen LogP contribution in [0.2, 0.25) is 5.02 Å². The van der Waals surface area contributed by atoms with E-state index in [2.05, 4.69) is 19.1 Å². The number of allylic oxidation sites excluding steroid dienone is 2. The molecule has 0 radical (unpaired) electrons. The van der Waals surface area contributed by atoms with Crippen LogP contribution < -0.4 is 0 Å². The van der Waals surface area contributed by atoms with Gasteiger partial charge in [-0.1, -0.05) is 36.8 Å². The van der Waals surface area contributed by atoms with Crippen molar-refractivity contribution in [2.75, 3.05) is 6.54 Å². The Morgan fingerprint density at radius 2 is 2.08 bits per heavy atom. The van der Waals surface area contributed by atoms with E-state index >= 15 is 0 Å². The standard InChI is InChI=1S/C18H17ClF3NO/c1-2-11-3-5-12(6-4-11)9-23-10-13-7-14(19)8-15(18(20,21)22)16(13)17(23)24/h3,5-8,11H,2,4,9-10H2,1H3. The third-order valence-corrected chi connectivity index (χ3v) is 4.73. The number of hydrogen-bond donors (Lipinski definition) is 0. The summed E-state index contributed by atoms with van der Waals surface area (Å²) < 4.78 is 39.6. The third kappa shape index (κ3) is 3.22. The predicted molar refractivity (Wildman–Crippen MR) is 86.8 cm³/mol. The first-order chi connectivity index (χ1) is 11.3. The van der Waals surface area contributed by atoms with Gasteiger partial charge < -0.3 is 4.90 Å². The van der Waals surface area contributed by atoms with E-state index in [0.29, 0.717) is 18.0 Å². The molecule has 6 heteroatoms. The summed E-state index contributed by atoms with van der Waals surface area (Å²) in [6, 6.07) is 2.27. The van der Waals surface area contributed by atoms with Gasteiger partial charge in [-0.3, -0.25) is 4.79 Å². The van der Waals surface area contributed by atoms with Crippen LogP contribution in [0.15, 0.2) is 35.9 Å². The van der Waals surface area contributed by atoms with E-state index in [1.165, 1.54) is 11.0 Å². The van der Waals surface area contributed by atoms with Crippen LogP contribution in [-0.2, 0) is 12.7 Å². The summed E-state index contributed by atoms with van der Waals surface area (Å²) in [5.74, 6) is -0.0863. The van der Waals surface area contributed by atoms with Crippen LogP contribution in [0.5, 0.6) is 0 Å². The molecule has 0 saturated carbocycles. The highest BCUT2D eigenvalue weighted by molar-refractivity contribution is 6.31. The fourth-order valence-corrected chi connectivity index (χ4v) is 3.42. The van der Waals surface area contributed by atoms with Crippen LogP contribution in [0, 0.1) is 5.92 Å². The minimum absolute atomic E-state index is 0.00158. The van der Waals surface area contributed by atoms with Crippen molar-refractivity contribution in [1.29, 1.82) is 0 Å². The molecule has 1 aromatic carbocycles. The molecule has 1 amide bonds. The molecule has 1 aliphatic heterocycles. The lowest BCUT2D eigenvalue weighted by atomic mass is 9.94. The van der Waals surface area contributed by atoms with Gasteiger partial charge in [0.2, 0.25) is 0 Å². The lowest BCUT2D eigenvalue weighted by Gasteiger charge is -2.20. The predicted octanol–water partition coefficient (Wildman–Crippen LogP) is 5.23. The number of halogens is 4. The number of carbonyl (C=O) groups excluding carboxylic acids is 1. The SMILES string of the molecule is CCC1C=CC(CN2Cc3cc(Cl)cc(C(F)(F)F)c3C2=O)=CC1. The second-order valence-corrected chi connectivity index (χ2v) is 6.63. The molecule has 1 unspecified atom stereocenters. The molecule has 2 nitrogen and oxygen atoms in total. The average Bonchev–Trinajstić information content (AvgIpc) is 2.82. The van der Waals surface area contributed by atoms with Gasteiger partial charge in [0.05, 0.1) is 11.1 Å². The first kappa shape index (κ1) is 17.1. The van der Waals surface area contributed by atoms with Gasteiger partial charge in [0.1, 0.15) is 0 Å². The first-order valence-corrected chi connectivity index (χ1v) is 8.23. The van der Waals surface area contributed by atoms with Crippen LogP contribution in [0.3, 0.4) is 0 Å². The third-order valence-electron chi connectivity index (χ3n) is 4.52.